The van der Waals surface area contributed by atoms with Gasteiger partial charge in [-0.05, 0) is 82.7 Å². The van der Waals surface area contributed by atoms with Crippen molar-refractivity contribution in [2.45, 2.75) is 45.8 Å². The zero-order chi connectivity index (χ0) is 22.7. The van der Waals surface area contributed by atoms with Crippen molar-refractivity contribution in [1.82, 2.24) is 0 Å². The third kappa shape index (κ3) is 6.49. The van der Waals surface area contributed by atoms with E-state index in [0.29, 0.717) is 5.56 Å². The second kappa shape index (κ2) is 9.08. The number of allylic oxidation sites excluding steroid dienone is 1. The predicted octanol–water partition coefficient (Wildman–Crippen LogP) is 6.12. The maximum Gasteiger partial charge on any atom is 0.350 e. The minimum atomic E-state index is -1.61. The number of rotatable bonds is 6. The molecule has 2 aromatic carbocycles. The van der Waals surface area contributed by atoms with Gasteiger partial charge in [0.1, 0.15) is 5.60 Å². The molecule has 0 radical (unpaired) electrons. The monoisotopic (exact) mass is 480 g/mol. The number of hydrogen-bond acceptors (Lipinski definition) is 4. The average Bonchev–Trinajstić information content (AvgIpc) is 2.62. The molecule has 0 unspecified atom stereocenters. The summed E-state index contributed by atoms with van der Waals surface area (Å²) in [6, 6.07) is 8.75. The molecule has 30 heavy (non-hydrogen) atoms. The Morgan fingerprint density at radius 3 is 2.00 bits per heavy atom. The Bertz CT molecular complexity index is 951. The molecule has 160 valence electrons. The van der Waals surface area contributed by atoms with Crippen LogP contribution in [0.4, 0.5) is 8.78 Å². The fourth-order valence-electron chi connectivity index (χ4n) is 2.35. The van der Waals surface area contributed by atoms with Crippen LogP contribution >= 0.6 is 15.9 Å². The Balaban J connectivity index is 2.19. The van der Waals surface area contributed by atoms with Crippen LogP contribution < -0.4 is 4.74 Å². The summed E-state index contributed by atoms with van der Waals surface area (Å²) in [5.41, 5.74) is -1.80. The number of benzene rings is 2. The van der Waals surface area contributed by atoms with Crippen LogP contribution in [0.25, 0.3) is 6.08 Å². The molecular weight excluding hydrogens is 458 g/mol. The molecule has 0 amide bonds. The Morgan fingerprint density at radius 1 is 0.967 bits per heavy atom. The lowest BCUT2D eigenvalue weighted by molar-refractivity contribution is -0.171. The molecule has 0 aliphatic heterocycles. The van der Waals surface area contributed by atoms with Crippen molar-refractivity contribution in [2.24, 2.45) is 0 Å². The molecule has 0 heterocycles. The fraction of sp³-hybridized carbons (Fsp3) is 0.304. The van der Waals surface area contributed by atoms with Gasteiger partial charge >= 0.3 is 5.97 Å². The first-order valence-electron chi connectivity index (χ1n) is 9.18. The average molecular weight is 481 g/mol. The summed E-state index contributed by atoms with van der Waals surface area (Å²) < 4.78 is 40.4. The molecule has 0 saturated carbocycles. The molecule has 0 saturated heterocycles. The molecule has 4 nitrogen and oxygen atoms in total. The van der Waals surface area contributed by atoms with Gasteiger partial charge in [-0.25, -0.2) is 13.6 Å². The van der Waals surface area contributed by atoms with E-state index in [4.69, 9.17) is 9.47 Å². The second-order valence-corrected chi connectivity index (χ2v) is 9.05. The van der Waals surface area contributed by atoms with Crippen molar-refractivity contribution < 1.29 is 27.8 Å². The SMILES string of the molecule is CC(C)(C)OC(=O)C(C)(C)Oc1c(F)cc(/C=C/C(=O)c2ccc(Br)cc2)cc1F. The highest BCUT2D eigenvalue weighted by molar-refractivity contribution is 9.10. The van der Waals surface area contributed by atoms with Crippen LogP contribution in [0.5, 0.6) is 5.75 Å². The van der Waals surface area contributed by atoms with Gasteiger partial charge in [-0.1, -0.05) is 22.0 Å². The van der Waals surface area contributed by atoms with E-state index in [2.05, 4.69) is 15.9 Å². The molecule has 2 rings (SSSR count). The standard InChI is InChI=1S/C23H23BrF2O4/c1-22(2,3)30-21(28)23(4,5)29-20-17(25)12-14(13-18(20)26)6-11-19(27)15-7-9-16(24)10-8-15/h6-13H,1-5H3/b11-6+. The minimum Gasteiger partial charge on any atom is -0.470 e. The number of esters is 1. The first kappa shape index (κ1) is 23.7. The van der Waals surface area contributed by atoms with E-state index < -0.39 is 34.6 Å². The first-order chi connectivity index (χ1) is 13.8. The molecule has 0 fully saturated rings. The van der Waals surface area contributed by atoms with Crippen LogP contribution in [0.15, 0.2) is 46.9 Å². The van der Waals surface area contributed by atoms with Gasteiger partial charge in [-0.3, -0.25) is 4.79 Å². The lowest BCUT2D eigenvalue weighted by atomic mass is 10.1. The Kier molecular flexibility index (Phi) is 7.18. The van der Waals surface area contributed by atoms with Crippen LogP contribution in [0, 0.1) is 11.6 Å². The molecule has 0 aromatic heterocycles. The number of carbonyl (C=O) groups excluding carboxylic acids is 2. The van der Waals surface area contributed by atoms with Crippen LogP contribution in [-0.2, 0) is 9.53 Å². The third-order valence-electron chi connectivity index (χ3n) is 3.82. The number of ether oxygens (including phenoxy) is 2. The molecule has 2 aromatic rings. The van der Waals surface area contributed by atoms with Gasteiger partial charge in [-0.15, -0.1) is 0 Å². The maximum absolute atomic E-state index is 14.5. The highest BCUT2D eigenvalue weighted by Gasteiger charge is 2.36. The zero-order valence-electron chi connectivity index (χ0n) is 17.4. The molecule has 0 atom stereocenters. The van der Waals surface area contributed by atoms with Crippen molar-refractivity contribution in [1.29, 1.82) is 0 Å². The summed E-state index contributed by atoms with van der Waals surface area (Å²) in [6.45, 7) is 7.77. The van der Waals surface area contributed by atoms with Crippen molar-refractivity contribution >= 4 is 33.8 Å². The molecule has 0 aliphatic rings. The minimum absolute atomic E-state index is 0.137. The van der Waals surface area contributed by atoms with Crippen molar-refractivity contribution in [3.05, 3.63) is 69.7 Å². The summed E-state index contributed by atoms with van der Waals surface area (Å²) in [5.74, 6) is -3.75. The lowest BCUT2D eigenvalue weighted by Crippen LogP contribution is -2.43. The second-order valence-electron chi connectivity index (χ2n) is 8.13. The van der Waals surface area contributed by atoms with Gasteiger partial charge in [0.05, 0.1) is 0 Å². The van der Waals surface area contributed by atoms with E-state index in [1.165, 1.54) is 26.0 Å². The van der Waals surface area contributed by atoms with Crippen LogP contribution in [-0.4, -0.2) is 23.0 Å². The first-order valence-corrected chi connectivity index (χ1v) is 9.97. The van der Waals surface area contributed by atoms with Gasteiger partial charge in [-0.2, -0.15) is 0 Å². The number of halogens is 3. The number of ketones is 1. The molecule has 0 bridgehead atoms. The van der Waals surface area contributed by atoms with Crippen molar-refractivity contribution in [3.8, 4) is 5.75 Å². The highest BCUT2D eigenvalue weighted by Crippen LogP contribution is 2.29. The van der Waals surface area contributed by atoms with Crippen LogP contribution in [0.2, 0.25) is 0 Å². The van der Waals surface area contributed by atoms with E-state index in [9.17, 15) is 18.4 Å². The van der Waals surface area contributed by atoms with E-state index in [1.807, 2.05) is 0 Å². The third-order valence-corrected chi connectivity index (χ3v) is 4.35. The Morgan fingerprint density at radius 2 is 1.50 bits per heavy atom. The van der Waals surface area contributed by atoms with Crippen molar-refractivity contribution in [2.75, 3.05) is 0 Å². The molecule has 0 spiro atoms. The molecular formula is C23H23BrF2O4. The smallest absolute Gasteiger partial charge is 0.350 e. The normalized spacial score (nSPS) is 12.1. The van der Waals surface area contributed by atoms with Crippen molar-refractivity contribution in [3.63, 3.8) is 0 Å². The topological polar surface area (TPSA) is 52.6 Å². The van der Waals surface area contributed by atoms with Crippen LogP contribution in [0.1, 0.15) is 50.5 Å². The summed E-state index contributed by atoms with van der Waals surface area (Å²) >= 11 is 3.28. The highest BCUT2D eigenvalue weighted by atomic mass is 79.9. The fourth-order valence-corrected chi connectivity index (χ4v) is 2.62. The summed E-state index contributed by atoms with van der Waals surface area (Å²) in [7, 11) is 0. The quantitative estimate of drug-likeness (QED) is 0.283. The van der Waals surface area contributed by atoms with Gasteiger partial charge in [0.25, 0.3) is 0 Å². The Hall–Kier alpha value is -2.54. The number of hydrogen-bond donors (Lipinski definition) is 0. The maximum atomic E-state index is 14.5. The lowest BCUT2D eigenvalue weighted by Gasteiger charge is -2.29. The summed E-state index contributed by atoms with van der Waals surface area (Å²) in [4.78, 5) is 24.4. The Labute approximate surface area is 183 Å². The van der Waals surface area contributed by atoms with Gasteiger partial charge < -0.3 is 9.47 Å². The van der Waals surface area contributed by atoms with Gasteiger partial charge in [0.2, 0.25) is 5.60 Å². The van der Waals surface area contributed by atoms with E-state index in [-0.39, 0.29) is 11.3 Å². The molecule has 7 heteroatoms. The van der Waals surface area contributed by atoms with E-state index in [1.54, 1.807) is 45.0 Å². The summed E-state index contributed by atoms with van der Waals surface area (Å²) in [5, 5.41) is 0. The van der Waals surface area contributed by atoms with E-state index >= 15 is 0 Å². The molecule has 0 N–H and O–H groups in total. The largest absolute Gasteiger partial charge is 0.470 e. The zero-order valence-corrected chi connectivity index (χ0v) is 19.0. The van der Waals surface area contributed by atoms with Gasteiger partial charge in [0.15, 0.2) is 23.2 Å². The van der Waals surface area contributed by atoms with Gasteiger partial charge in [0, 0.05) is 10.0 Å². The van der Waals surface area contributed by atoms with Crippen LogP contribution in [0.3, 0.4) is 0 Å². The number of carbonyl (C=O) groups is 2. The van der Waals surface area contributed by atoms with E-state index in [0.717, 1.165) is 16.6 Å². The predicted molar refractivity (Wildman–Crippen MR) is 114 cm³/mol. The summed E-state index contributed by atoms with van der Waals surface area (Å²) in [6.07, 6.45) is 2.53. The molecule has 0 aliphatic carbocycles.